The van der Waals surface area contributed by atoms with Gasteiger partial charge in [-0.1, -0.05) is 269 Å². The van der Waals surface area contributed by atoms with Gasteiger partial charge in [0, 0.05) is 19.3 Å². The fourth-order valence-corrected chi connectivity index (χ4v) is 9.00. The number of hydrogen-bond donors (Lipinski definition) is 0. The monoisotopic (exact) mass is 969 g/mol. The van der Waals surface area contributed by atoms with E-state index in [9.17, 15) is 14.4 Å². The Hall–Kier alpha value is -2.37. The molecule has 404 valence electrons. The minimum Gasteiger partial charge on any atom is -0.462 e. The van der Waals surface area contributed by atoms with Gasteiger partial charge in [-0.3, -0.25) is 14.4 Å². The second-order valence-electron chi connectivity index (χ2n) is 20.6. The number of carbonyl (C=O) groups is 3. The highest BCUT2D eigenvalue weighted by molar-refractivity contribution is 5.71. The van der Waals surface area contributed by atoms with Gasteiger partial charge in [0.05, 0.1) is 0 Å². The van der Waals surface area contributed by atoms with E-state index >= 15 is 0 Å². The third-order valence-electron chi connectivity index (χ3n) is 13.6. The number of carbonyl (C=O) groups excluding carboxylic acids is 3. The summed E-state index contributed by atoms with van der Waals surface area (Å²) < 4.78 is 16.9. The van der Waals surface area contributed by atoms with Gasteiger partial charge in [0.1, 0.15) is 13.2 Å². The second-order valence-corrected chi connectivity index (χ2v) is 20.6. The Kier molecular flexibility index (Phi) is 56.2. The van der Waals surface area contributed by atoms with Crippen LogP contribution in [-0.2, 0) is 28.6 Å². The van der Waals surface area contributed by atoms with Gasteiger partial charge in [-0.2, -0.15) is 0 Å². The maximum atomic E-state index is 12.9. The molecular formula is C63H116O6. The molecule has 1 atom stereocenters. The summed E-state index contributed by atoms with van der Waals surface area (Å²) in [6, 6.07) is 0. The van der Waals surface area contributed by atoms with Crippen LogP contribution in [-0.4, -0.2) is 37.2 Å². The van der Waals surface area contributed by atoms with Crippen molar-refractivity contribution in [2.24, 2.45) is 0 Å². The van der Waals surface area contributed by atoms with Crippen molar-refractivity contribution in [2.45, 2.75) is 335 Å². The van der Waals surface area contributed by atoms with E-state index in [0.717, 1.165) is 70.6 Å². The van der Waals surface area contributed by atoms with Crippen LogP contribution < -0.4 is 0 Å². The molecule has 0 bridgehead atoms. The molecule has 0 amide bonds. The molecule has 0 aliphatic rings. The first-order chi connectivity index (χ1) is 34.0. The zero-order valence-electron chi connectivity index (χ0n) is 46.3. The molecule has 69 heavy (non-hydrogen) atoms. The molecule has 0 spiro atoms. The highest BCUT2D eigenvalue weighted by atomic mass is 16.6. The highest BCUT2D eigenvalue weighted by Gasteiger charge is 2.19. The fourth-order valence-electron chi connectivity index (χ4n) is 9.00. The number of ether oxygens (including phenoxy) is 3. The van der Waals surface area contributed by atoms with Crippen LogP contribution in [0.3, 0.4) is 0 Å². The van der Waals surface area contributed by atoms with Gasteiger partial charge in [-0.25, -0.2) is 0 Å². The first-order valence-corrected chi connectivity index (χ1v) is 30.5. The summed E-state index contributed by atoms with van der Waals surface area (Å²) in [6.07, 6.45) is 69.9. The summed E-state index contributed by atoms with van der Waals surface area (Å²) in [7, 11) is 0. The van der Waals surface area contributed by atoms with Crippen LogP contribution in [0.2, 0.25) is 0 Å². The Morgan fingerprint density at radius 3 is 0.855 bits per heavy atom. The van der Waals surface area contributed by atoms with E-state index in [1.165, 1.54) is 218 Å². The molecular weight excluding hydrogens is 853 g/mol. The van der Waals surface area contributed by atoms with Gasteiger partial charge in [-0.15, -0.1) is 0 Å². The Balaban J connectivity index is 4.33. The van der Waals surface area contributed by atoms with E-state index < -0.39 is 6.10 Å². The summed E-state index contributed by atoms with van der Waals surface area (Å²) in [5.74, 6) is -0.864. The van der Waals surface area contributed by atoms with Crippen molar-refractivity contribution < 1.29 is 28.6 Å². The molecule has 0 saturated heterocycles. The van der Waals surface area contributed by atoms with Crippen LogP contribution in [0.15, 0.2) is 36.5 Å². The molecule has 0 radical (unpaired) electrons. The summed E-state index contributed by atoms with van der Waals surface area (Å²) in [5, 5.41) is 0. The van der Waals surface area contributed by atoms with E-state index in [0.29, 0.717) is 19.3 Å². The van der Waals surface area contributed by atoms with E-state index in [4.69, 9.17) is 14.2 Å². The molecule has 6 nitrogen and oxygen atoms in total. The van der Waals surface area contributed by atoms with Gasteiger partial charge in [-0.05, 0) is 77.0 Å². The van der Waals surface area contributed by atoms with Gasteiger partial charge >= 0.3 is 17.9 Å². The van der Waals surface area contributed by atoms with E-state index in [1.807, 2.05) is 0 Å². The fraction of sp³-hybridized carbons (Fsp3) is 0.857. The Bertz CT molecular complexity index is 1160. The molecule has 0 unspecified atom stereocenters. The summed E-state index contributed by atoms with van der Waals surface area (Å²) in [6.45, 7) is 6.64. The lowest BCUT2D eigenvalue weighted by atomic mass is 10.0. The lowest BCUT2D eigenvalue weighted by Crippen LogP contribution is -2.30. The maximum absolute atomic E-state index is 12.9. The predicted octanol–water partition coefficient (Wildman–Crippen LogP) is 20.4. The van der Waals surface area contributed by atoms with Crippen molar-refractivity contribution >= 4 is 17.9 Å². The summed E-state index contributed by atoms with van der Waals surface area (Å²) >= 11 is 0. The lowest BCUT2D eigenvalue weighted by molar-refractivity contribution is -0.167. The van der Waals surface area contributed by atoms with Crippen LogP contribution >= 0.6 is 0 Å². The second kappa shape index (κ2) is 58.2. The minimum absolute atomic E-state index is 0.0724. The smallest absolute Gasteiger partial charge is 0.306 e. The van der Waals surface area contributed by atoms with Crippen LogP contribution in [0.1, 0.15) is 329 Å². The summed E-state index contributed by atoms with van der Waals surface area (Å²) in [5.41, 5.74) is 0. The number of allylic oxidation sites excluding steroid dienone is 6. The van der Waals surface area contributed by atoms with E-state index in [1.54, 1.807) is 0 Å². The Labute approximate surface area is 429 Å². The van der Waals surface area contributed by atoms with Gasteiger partial charge in [0.25, 0.3) is 0 Å². The van der Waals surface area contributed by atoms with Gasteiger partial charge in [0.2, 0.25) is 0 Å². The first kappa shape index (κ1) is 66.6. The van der Waals surface area contributed by atoms with Crippen molar-refractivity contribution in [1.82, 2.24) is 0 Å². The minimum atomic E-state index is -0.775. The van der Waals surface area contributed by atoms with E-state index in [-0.39, 0.29) is 31.1 Å². The van der Waals surface area contributed by atoms with Gasteiger partial charge < -0.3 is 14.2 Å². The summed E-state index contributed by atoms with van der Waals surface area (Å²) in [4.78, 5) is 38.2. The number of unbranched alkanes of at least 4 members (excludes halogenated alkanes) is 39. The topological polar surface area (TPSA) is 78.9 Å². The molecule has 0 fully saturated rings. The number of esters is 3. The SMILES string of the molecule is CCCCC/C=C\C/C=C\CCCCCCCCCC(=O)OC[C@H](COC(=O)CCCCCCCCCCCCCCCCCCCCC)OC(=O)CCCCCCCCC/C=C\CCCCCC. The van der Waals surface area contributed by atoms with Crippen molar-refractivity contribution in [2.75, 3.05) is 13.2 Å². The van der Waals surface area contributed by atoms with Crippen LogP contribution in [0.25, 0.3) is 0 Å². The molecule has 0 N–H and O–H groups in total. The largest absolute Gasteiger partial charge is 0.462 e. The first-order valence-electron chi connectivity index (χ1n) is 30.5. The van der Waals surface area contributed by atoms with Gasteiger partial charge in [0.15, 0.2) is 6.10 Å². The Morgan fingerprint density at radius 1 is 0.290 bits per heavy atom. The van der Waals surface area contributed by atoms with Crippen molar-refractivity contribution in [3.05, 3.63) is 36.5 Å². The lowest BCUT2D eigenvalue weighted by Gasteiger charge is -2.18. The molecule has 6 heteroatoms. The zero-order valence-corrected chi connectivity index (χ0v) is 46.3. The molecule has 0 saturated carbocycles. The predicted molar refractivity (Wildman–Crippen MR) is 298 cm³/mol. The molecule has 0 aliphatic carbocycles. The average molecular weight is 970 g/mol. The standard InChI is InChI=1S/C63H116O6/c1-4-7-10-13-16-19-22-25-28-30-31-33-36-38-41-44-47-50-53-56-62(65)68-59-60(69-63(66)57-54-51-48-45-42-39-34-27-24-21-18-15-12-9-6-3)58-67-61(64)55-52-49-46-43-40-37-35-32-29-26-23-20-17-14-11-8-5-2/h17,20-21,24,26,29,60H,4-16,18-19,22-23,25,27-28,30-59H2,1-3H3/b20-17-,24-21-,29-26-/t60-/m1/s1. The molecule has 0 aromatic rings. The number of hydrogen-bond acceptors (Lipinski definition) is 6. The molecule has 0 aromatic heterocycles. The van der Waals surface area contributed by atoms with Crippen LogP contribution in [0.5, 0.6) is 0 Å². The van der Waals surface area contributed by atoms with Crippen molar-refractivity contribution in [3.8, 4) is 0 Å². The zero-order chi connectivity index (χ0) is 50.0. The highest BCUT2D eigenvalue weighted by Crippen LogP contribution is 2.17. The quantitative estimate of drug-likeness (QED) is 0.0261. The molecule has 0 rings (SSSR count). The van der Waals surface area contributed by atoms with Crippen LogP contribution in [0, 0.1) is 0 Å². The van der Waals surface area contributed by atoms with E-state index in [2.05, 4.69) is 57.2 Å². The molecule has 0 aromatic carbocycles. The number of rotatable bonds is 56. The Morgan fingerprint density at radius 2 is 0.522 bits per heavy atom. The average Bonchev–Trinajstić information content (AvgIpc) is 3.35. The van der Waals surface area contributed by atoms with Crippen molar-refractivity contribution in [1.29, 1.82) is 0 Å². The van der Waals surface area contributed by atoms with Crippen molar-refractivity contribution in [3.63, 3.8) is 0 Å². The third kappa shape index (κ3) is 56.4. The van der Waals surface area contributed by atoms with Crippen LogP contribution in [0.4, 0.5) is 0 Å². The third-order valence-corrected chi connectivity index (χ3v) is 13.6. The molecule has 0 aliphatic heterocycles. The maximum Gasteiger partial charge on any atom is 0.306 e. The molecule has 0 heterocycles. The normalized spacial score (nSPS) is 12.2.